The second kappa shape index (κ2) is 8.21. The van der Waals surface area contributed by atoms with Gasteiger partial charge in [0.05, 0.1) is 13.2 Å². The number of benzene rings is 1. The van der Waals surface area contributed by atoms with E-state index in [1.807, 2.05) is 0 Å². The number of ether oxygens (including phenoxy) is 1. The average molecular weight is 385 g/mol. The Balaban J connectivity index is 2.39. The van der Waals surface area contributed by atoms with E-state index >= 15 is 0 Å². The van der Waals surface area contributed by atoms with Gasteiger partial charge in [-0.1, -0.05) is 50.0 Å². The fourth-order valence-electron chi connectivity index (χ4n) is 2.19. The third-order valence-electron chi connectivity index (χ3n) is 3.75. The molecule has 0 aromatic heterocycles. The lowest BCUT2D eigenvalue weighted by Gasteiger charge is -2.28. The van der Waals surface area contributed by atoms with Crippen molar-refractivity contribution in [2.24, 2.45) is 5.41 Å². The highest BCUT2D eigenvalue weighted by molar-refractivity contribution is 6.37. The summed E-state index contributed by atoms with van der Waals surface area (Å²) in [4.78, 5) is 26.9. The molecule has 0 spiro atoms. The Morgan fingerprint density at radius 2 is 1.72 bits per heavy atom. The standard InChI is InChI=1S/C18H22Cl2N2O3/c1-18(2,3)17(24)21-15(16(23)22-7-9-25-10-8-22)11-12-13(19)5-4-6-14(12)20/h4-6,11H,7-10H2,1-3H3,(H,21,24)/b15-11-. The third kappa shape index (κ3) is 5.21. The molecule has 1 heterocycles. The zero-order chi connectivity index (χ0) is 18.6. The van der Waals surface area contributed by atoms with Crippen LogP contribution in [0.15, 0.2) is 23.9 Å². The minimum Gasteiger partial charge on any atom is -0.378 e. The molecular formula is C18H22Cl2N2O3. The molecular weight excluding hydrogens is 363 g/mol. The molecule has 1 aromatic carbocycles. The van der Waals surface area contributed by atoms with Crippen LogP contribution in [0.5, 0.6) is 0 Å². The van der Waals surface area contributed by atoms with Crippen LogP contribution in [0.3, 0.4) is 0 Å². The van der Waals surface area contributed by atoms with Crippen molar-refractivity contribution in [3.8, 4) is 0 Å². The summed E-state index contributed by atoms with van der Waals surface area (Å²) >= 11 is 12.4. The number of halogens is 2. The highest BCUT2D eigenvalue weighted by Gasteiger charge is 2.27. The van der Waals surface area contributed by atoms with Gasteiger partial charge in [-0.2, -0.15) is 0 Å². The van der Waals surface area contributed by atoms with Crippen molar-refractivity contribution in [3.63, 3.8) is 0 Å². The molecule has 0 unspecified atom stereocenters. The molecule has 1 saturated heterocycles. The van der Waals surface area contributed by atoms with Gasteiger partial charge in [0.25, 0.3) is 5.91 Å². The molecule has 0 bridgehead atoms. The smallest absolute Gasteiger partial charge is 0.270 e. The van der Waals surface area contributed by atoms with Crippen LogP contribution in [0.25, 0.3) is 6.08 Å². The Morgan fingerprint density at radius 1 is 1.16 bits per heavy atom. The van der Waals surface area contributed by atoms with Crippen molar-refractivity contribution in [3.05, 3.63) is 39.5 Å². The fourth-order valence-corrected chi connectivity index (χ4v) is 2.70. The second-order valence-corrected chi connectivity index (χ2v) is 7.62. The summed E-state index contributed by atoms with van der Waals surface area (Å²) in [7, 11) is 0. The minimum absolute atomic E-state index is 0.150. The number of hydrogen-bond donors (Lipinski definition) is 1. The summed E-state index contributed by atoms with van der Waals surface area (Å²) < 4.78 is 5.28. The summed E-state index contributed by atoms with van der Waals surface area (Å²) in [5.41, 5.74) is 0.00255. The number of nitrogens with zero attached hydrogens (tertiary/aromatic N) is 1. The van der Waals surface area contributed by atoms with Crippen LogP contribution in [0.1, 0.15) is 26.3 Å². The SMILES string of the molecule is CC(C)(C)C(=O)N/C(=C\c1c(Cl)cccc1Cl)C(=O)N1CCOCC1. The van der Waals surface area contributed by atoms with E-state index < -0.39 is 5.41 Å². The van der Waals surface area contributed by atoms with E-state index in [9.17, 15) is 9.59 Å². The van der Waals surface area contributed by atoms with Gasteiger partial charge in [0.1, 0.15) is 5.70 Å². The first-order chi connectivity index (χ1) is 11.7. The van der Waals surface area contributed by atoms with Crippen LogP contribution < -0.4 is 5.32 Å². The maximum absolute atomic E-state index is 12.9. The van der Waals surface area contributed by atoms with Crippen LogP contribution >= 0.6 is 23.2 Å². The van der Waals surface area contributed by atoms with Crippen molar-refractivity contribution in [1.29, 1.82) is 0 Å². The van der Waals surface area contributed by atoms with E-state index in [0.717, 1.165) is 0 Å². The maximum atomic E-state index is 12.9. The van der Waals surface area contributed by atoms with E-state index in [1.165, 1.54) is 6.08 Å². The van der Waals surface area contributed by atoms with Crippen molar-refractivity contribution in [1.82, 2.24) is 10.2 Å². The summed E-state index contributed by atoms with van der Waals surface area (Å²) in [5.74, 6) is -0.541. The summed E-state index contributed by atoms with van der Waals surface area (Å²) in [6.45, 7) is 7.22. The maximum Gasteiger partial charge on any atom is 0.270 e. The molecule has 25 heavy (non-hydrogen) atoms. The quantitative estimate of drug-likeness (QED) is 0.812. The topological polar surface area (TPSA) is 58.6 Å². The lowest BCUT2D eigenvalue weighted by molar-refractivity contribution is -0.134. The highest BCUT2D eigenvalue weighted by atomic mass is 35.5. The van der Waals surface area contributed by atoms with Crippen LogP contribution in [0.4, 0.5) is 0 Å². The number of nitrogens with one attached hydrogen (secondary N) is 1. The number of hydrogen-bond acceptors (Lipinski definition) is 3. The number of rotatable bonds is 3. The first-order valence-electron chi connectivity index (χ1n) is 8.04. The van der Waals surface area contributed by atoms with Crippen molar-refractivity contribution in [2.45, 2.75) is 20.8 Å². The van der Waals surface area contributed by atoms with Gasteiger partial charge in [0.2, 0.25) is 5.91 Å². The zero-order valence-electron chi connectivity index (χ0n) is 14.6. The van der Waals surface area contributed by atoms with Gasteiger partial charge in [-0.3, -0.25) is 9.59 Å². The van der Waals surface area contributed by atoms with Gasteiger partial charge in [0.15, 0.2) is 0 Å². The molecule has 1 aliphatic rings. The molecule has 1 aliphatic heterocycles. The van der Waals surface area contributed by atoms with Crippen LogP contribution in [-0.2, 0) is 14.3 Å². The van der Waals surface area contributed by atoms with Gasteiger partial charge in [-0.05, 0) is 18.2 Å². The lowest BCUT2D eigenvalue weighted by atomic mass is 9.95. The van der Waals surface area contributed by atoms with Gasteiger partial charge in [-0.15, -0.1) is 0 Å². The van der Waals surface area contributed by atoms with E-state index in [2.05, 4.69) is 5.32 Å². The Hall–Kier alpha value is -1.56. The predicted octanol–water partition coefficient (Wildman–Crippen LogP) is 3.36. The molecule has 2 amide bonds. The molecule has 1 aromatic rings. The monoisotopic (exact) mass is 384 g/mol. The molecule has 5 nitrogen and oxygen atoms in total. The minimum atomic E-state index is -0.644. The average Bonchev–Trinajstić information content (AvgIpc) is 2.56. The fraction of sp³-hybridized carbons (Fsp3) is 0.444. The van der Waals surface area contributed by atoms with Crippen molar-refractivity contribution >= 4 is 41.1 Å². The highest BCUT2D eigenvalue weighted by Crippen LogP contribution is 2.27. The van der Waals surface area contributed by atoms with Crippen LogP contribution in [0, 0.1) is 5.41 Å². The summed E-state index contributed by atoms with van der Waals surface area (Å²) in [6.07, 6.45) is 1.53. The van der Waals surface area contributed by atoms with E-state index in [0.29, 0.717) is 41.9 Å². The van der Waals surface area contributed by atoms with Crippen molar-refractivity contribution in [2.75, 3.05) is 26.3 Å². The van der Waals surface area contributed by atoms with E-state index in [1.54, 1.807) is 43.9 Å². The Kier molecular flexibility index (Phi) is 6.49. The Bertz CT molecular complexity index is 670. The molecule has 2 rings (SSSR count). The van der Waals surface area contributed by atoms with Gasteiger partial charge in [-0.25, -0.2) is 0 Å². The Labute approximate surface area is 157 Å². The van der Waals surface area contributed by atoms with Crippen LogP contribution in [0.2, 0.25) is 10.0 Å². The molecule has 1 fully saturated rings. The number of carbonyl (C=O) groups is 2. The molecule has 0 aliphatic carbocycles. The predicted molar refractivity (Wildman–Crippen MR) is 99.4 cm³/mol. The van der Waals surface area contributed by atoms with Crippen LogP contribution in [-0.4, -0.2) is 43.0 Å². The molecule has 0 saturated carbocycles. The Morgan fingerprint density at radius 3 is 2.24 bits per heavy atom. The molecule has 7 heteroatoms. The van der Waals surface area contributed by atoms with E-state index in [-0.39, 0.29) is 17.5 Å². The molecule has 0 atom stereocenters. The zero-order valence-corrected chi connectivity index (χ0v) is 16.1. The first-order valence-corrected chi connectivity index (χ1v) is 8.80. The largest absolute Gasteiger partial charge is 0.378 e. The van der Waals surface area contributed by atoms with Crippen molar-refractivity contribution < 1.29 is 14.3 Å². The van der Waals surface area contributed by atoms with Gasteiger partial charge < -0.3 is 15.0 Å². The number of carbonyl (C=O) groups excluding carboxylic acids is 2. The van der Waals surface area contributed by atoms with Gasteiger partial charge in [0, 0.05) is 34.1 Å². The van der Waals surface area contributed by atoms with Gasteiger partial charge >= 0.3 is 0 Å². The summed E-state index contributed by atoms with van der Waals surface area (Å²) in [5, 5.41) is 3.54. The number of amides is 2. The second-order valence-electron chi connectivity index (χ2n) is 6.80. The normalized spacial score (nSPS) is 15.9. The van der Waals surface area contributed by atoms with E-state index in [4.69, 9.17) is 27.9 Å². The lowest BCUT2D eigenvalue weighted by Crippen LogP contribution is -2.46. The summed E-state index contributed by atoms with van der Waals surface area (Å²) in [6, 6.07) is 5.09. The molecule has 136 valence electrons. The number of morpholine rings is 1. The molecule has 1 N–H and O–H groups in total. The first kappa shape index (κ1) is 19.8. The third-order valence-corrected chi connectivity index (χ3v) is 4.41. The molecule has 0 radical (unpaired) electrons.